The summed E-state index contributed by atoms with van der Waals surface area (Å²) in [6, 6.07) is 10.4. The van der Waals surface area contributed by atoms with Crippen molar-refractivity contribution < 1.29 is 0 Å². The zero-order valence-electron chi connectivity index (χ0n) is 12.1. The van der Waals surface area contributed by atoms with Crippen LogP contribution in [0.1, 0.15) is 31.1 Å². The maximum atomic E-state index is 5.36. The van der Waals surface area contributed by atoms with Crippen LogP contribution in [0.15, 0.2) is 36.5 Å². The van der Waals surface area contributed by atoms with Crippen molar-refractivity contribution >= 4 is 23.0 Å². The normalized spacial score (nSPS) is 11.9. The highest BCUT2D eigenvalue weighted by atomic mass is 32.1. The molecule has 1 unspecified atom stereocenters. The molecule has 1 aromatic carbocycles. The van der Waals surface area contributed by atoms with E-state index in [2.05, 4.69) is 41.7 Å². The van der Waals surface area contributed by atoms with Crippen molar-refractivity contribution in [2.75, 3.05) is 5.32 Å². The third kappa shape index (κ3) is 3.36. The molecule has 0 aliphatic rings. The standard InChI is InChI=1S/C15H20N4S/c1-4-19-12(3)14(10-16-19)18-15(20)17-11(2)13-8-6-5-7-9-13/h5-11H,4H2,1-3H3,(H2,17,18,20). The molecule has 5 heteroatoms. The highest BCUT2D eigenvalue weighted by molar-refractivity contribution is 7.80. The first kappa shape index (κ1) is 14.5. The molecule has 0 aliphatic carbocycles. The Hall–Kier alpha value is -1.88. The van der Waals surface area contributed by atoms with Crippen molar-refractivity contribution in [3.63, 3.8) is 0 Å². The second kappa shape index (κ2) is 6.52. The number of nitrogens with one attached hydrogen (secondary N) is 2. The van der Waals surface area contributed by atoms with Gasteiger partial charge in [0.15, 0.2) is 5.11 Å². The minimum atomic E-state index is 0.165. The van der Waals surface area contributed by atoms with Crippen molar-refractivity contribution in [1.29, 1.82) is 0 Å². The highest BCUT2D eigenvalue weighted by Gasteiger charge is 2.09. The summed E-state index contributed by atoms with van der Waals surface area (Å²) in [6.45, 7) is 7.04. The largest absolute Gasteiger partial charge is 0.356 e. The molecule has 1 atom stereocenters. The summed E-state index contributed by atoms with van der Waals surface area (Å²) < 4.78 is 1.94. The lowest BCUT2D eigenvalue weighted by Gasteiger charge is -2.17. The molecular weight excluding hydrogens is 268 g/mol. The molecule has 0 bridgehead atoms. The molecule has 106 valence electrons. The molecule has 20 heavy (non-hydrogen) atoms. The van der Waals surface area contributed by atoms with E-state index in [0.717, 1.165) is 17.9 Å². The van der Waals surface area contributed by atoms with E-state index in [1.54, 1.807) is 6.20 Å². The molecule has 0 saturated heterocycles. The second-order valence-corrected chi connectivity index (χ2v) is 5.10. The van der Waals surface area contributed by atoms with Crippen LogP contribution in [0.5, 0.6) is 0 Å². The van der Waals surface area contributed by atoms with Gasteiger partial charge in [0.2, 0.25) is 0 Å². The number of rotatable bonds is 4. The van der Waals surface area contributed by atoms with Gasteiger partial charge in [0.05, 0.1) is 23.6 Å². The molecule has 2 N–H and O–H groups in total. The monoisotopic (exact) mass is 288 g/mol. The third-order valence-corrected chi connectivity index (χ3v) is 3.52. The summed E-state index contributed by atoms with van der Waals surface area (Å²) >= 11 is 5.36. The van der Waals surface area contributed by atoms with Gasteiger partial charge >= 0.3 is 0 Å². The number of nitrogens with zero attached hydrogens (tertiary/aromatic N) is 2. The number of aryl methyl sites for hydroxylation is 1. The number of hydrogen-bond acceptors (Lipinski definition) is 2. The van der Waals surface area contributed by atoms with Gasteiger partial charge < -0.3 is 10.6 Å². The summed E-state index contributed by atoms with van der Waals surface area (Å²) in [5.41, 5.74) is 3.24. The minimum absolute atomic E-state index is 0.165. The van der Waals surface area contributed by atoms with Crippen LogP contribution in [0.25, 0.3) is 0 Å². The summed E-state index contributed by atoms with van der Waals surface area (Å²) in [7, 11) is 0. The van der Waals surface area contributed by atoms with Crippen LogP contribution in [0.3, 0.4) is 0 Å². The van der Waals surface area contributed by atoms with Gasteiger partial charge in [-0.15, -0.1) is 0 Å². The van der Waals surface area contributed by atoms with Crippen LogP contribution in [0, 0.1) is 6.92 Å². The zero-order valence-corrected chi connectivity index (χ0v) is 12.9. The predicted molar refractivity (Wildman–Crippen MR) is 86.9 cm³/mol. The van der Waals surface area contributed by atoms with Crippen molar-refractivity contribution in [2.45, 2.75) is 33.4 Å². The maximum absolute atomic E-state index is 5.36. The molecule has 0 amide bonds. The van der Waals surface area contributed by atoms with Gasteiger partial charge in [-0.2, -0.15) is 5.10 Å². The topological polar surface area (TPSA) is 41.9 Å². The number of thiocarbonyl (C=S) groups is 1. The van der Waals surface area contributed by atoms with E-state index in [0.29, 0.717) is 5.11 Å². The average Bonchev–Trinajstić information content (AvgIpc) is 2.80. The SMILES string of the molecule is CCn1ncc(NC(=S)NC(C)c2ccccc2)c1C. The first-order valence-electron chi connectivity index (χ1n) is 6.76. The summed E-state index contributed by atoms with van der Waals surface area (Å²) in [6.07, 6.45) is 1.81. The summed E-state index contributed by atoms with van der Waals surface area (Å²) in [5, 5.41) is 11.4. The van der Waals surface area contributed by atoms with Crippen LogP contribution >= 0.6 is 12.2 Å². The van der Waals surface area contributed by atoms with Gasteiger partial charge in [0, 0.05) is 6.54 Å². The van der Waals surface area contributed by atoms with E-state index in [9.17, 15) is 0 Å². The second-order valence-electron chi connectivity index (χ2n) is 4.69. The van der Waals surface area contributed by atoms with Gasteiger partial charge in [0.1, 0.15) is 0 Å². The number of hydrogen-bond donors (Lipinski definition) is 2. The molecule has 1 heterocycles. The van der Waals surface area contributed by atoms with E-state index >= 15 is 0 Å². The summed E-state index contributed by atoms with van der Waals surface area (Å²) in [4.78, 5) is 0. The van der Waals surface area contributed by atoms with E-state index in [-0.39, 0.29) is 6.04 Å². The fraction of sp³-hybridized carbons (Fsp3) is 0.333. The zero-order chi connectivity index (χ0) is 14.5. The fourth-order valence-corrected chi connectivity index (χ4v) is 2.35. The molecule has 0 saturated carbocycles. The molecule has 2 rings (SSSR count). The molecule has 0 spiro atoms. The third-order valence-electron chi connectivity index (χ3n) is 3.30. The van der Waals surface area contributed by atoms with Gasteiger partial charge in [-0.25, -0.2) is 0 Å². The Balaban J connectivity index is 1.97. The number of aromatic nitrogens is 2. The highest BCUT2D eigenvalue weighted by Crippen LogP contribution is 2.15. The number of benzene rings is 1. The summed E-state index contributed by atoms with van der Waals surface area (Å²) in [5.74, 6) is 0. The molecule has 2 aromatic rings. The average molecular weight is 288 g/mol. The Bertz CT molecular complexity index is 577. The van der Waals surface area contributed by atoms with Crippen molar-refractivity contribution in [3.8, 4) is 0 Å². The Morgan fingerprint density at radius 2 is 2.05 bits per heavy atom. The van der Waals surface area contributed by atoms with E-state index in [1.807, 2.05) is 29.8 Å². The van der Waals surface area contributed by atoms with Crippen LogP contribution in [-0.2, 0) is 6.54 Å². The van der Waals surface area contributed by atoms with Crippen molar-refractivity contribution in [1.82, 2.24) is 15.1 Å². The Labute approximate surface area is 125 Å². The molecule has 1 aromatic heterocycles. The van der Waals surface area contributed by atoms with Crippen LogP contribution in [0.4, 0.5) is 5.69 Å². The first-order chi connectivity index (χ1) is 9.61. The van der Waals surface area contributed by atoms with E-state index in [4.69, 9.17) is 12.2 Å². The lowest BCUT2D eigenvalue weighted by molar-refractivity contribution is 0.640. The van der Waals surface area contributed by atoms with Crippen molar-refractivity contribution in [2.24, 2.45) is 0 Å². The molecule has 0 radical (unpaired) electrons. The minimum Gasteiger partial charge on any atom is -0.356 e. The predicted octanol–water partition coefficient (Wildman–Crippen LogP) is 3.26. The quantitative estimate of drug-likeness (QED) is 0.847. The molecule has 4 nitrogen and oxygen atoms in total. The van der Waals surface area contributed by atoms with E-state index in [1.165, 1.54) is 5.56 Å². The molecular formula is C15H20N4S. The molecule has 0 fully saturated rings. The Morgan fingerprint density at radius 3 is 2.65 bits per heavy atom. The van der Waals surface area contributed by atoms with E-state index < -0.39 is 0 Å². The maximum Gasteiger partial charge on any atom is 0.171 e. The fourth-order valence-electron chi connectivity index (χ4n) is 2.07. The molecule has 0 aliphatic heterocycles. The van der Waals surface area contributed by atoms with Crippen molar-refractivity contribution in [3.05, 3.63) is 47.8 Å². The first-order valence-corrected chi connectivity index (χ1v) is 7.17. The van der Waals surface area contributed by atoms with Crippen LogP contribution < -0.4 is 10.6 Å². The Kier molecular flexibility index (Phi) is 4.74. The number of anilines is 1. The van der Waals surface area contributed by atoms with Crippen LogP contribution in [0.2, 0.25) is 0 Å². The smallest absolute Gasteiger partial charge is 0.171 e. The van der Waals surface area contributed by atoms with Gasteiger partial charge in [0.25, 0.3) is 0 Å². The Morgan fingerprint density at radius 1 is 1.35 bits per heavy atom. The van der Waals surface area contributed by atoms with Gasteiger partial charge in [-0.05, 0) is 38.6 Å². The van der Waals surface area contributed by atoms with Crippen LogP contribution in [-0.4, -0.2) is 14.9 Å². The lowest BCUT2D eigenvalue weighted by atomic mass is 10.1. The van der Waals surface area contributed by atoms with Gasteiger partial charge in [-0.1, -0.05) is 30.3 Å². The van der Waals surface area contributed by atoms with Gasteiger partial charge in [-0.3, -0.25) is 4.68 Å². The lowest BCUT2D eigenvalue weighted by Crippen LogP contribution is -2.31.